The van der Waals surface area contributed by atoms with Crippen molar-refractivity contribution in [3.63, 3.8) is 0 Å². The second-order valence-corrected chi connectivity index (χ2v) is 2.27. The van der Waals surface area contributed by atoms with Gasteiger partial charge in [0.05, 0.1) is 6.61 Å². The lowest BCUT2D eigenvalue weighted by Gasteiger charge is -2.00. The van der Waals surface area contributed by atoms with Gasteiger partial charge >= 0.3 is 0 Å². The van der Waals surface area contributed by atoms with Gasteiger partial charge in [-0.25, -0.2) is 0 Å². The summed E-state index contributed by atoms with van der Waals surface area (Å²) in [4.78, 5) is 8.47. The van der Waals surface area contributed by atoms with Gasteiger partial charge in [0, 0.05) is 13.2 Å². The molecule has 0 aliphatic heterocycles. The van der Waals surface area contributed by atoms with E-state index in [1.807, 2.05) is 0 Å². The van der Waals surface area contributed by atoms with Crippen molar-refractivity contribution in [1.29, 1.82) is 0 Å². The van der Waals surface area contributed by atoms with Crippen LogP contribution in [0.1, 0.15) is 0 Å². The first-order chi connectivity index (χ1) is 3.27. The van der Waals surface area contributed by atoms with Crippen LogP contribution in [0.5, 0.6) is 0 Å². The maximum Gasteiger partial charge on any atom is 0.164 e. The molecule has 4 heteroatoms. The van der Waals surface area contributed by atoms with E-state index in [1.165, 1.54) is 0 Å². The molecule has 0 radical (unpaired) electrons. The Kier molecular flexibility index (Phi) is 4.67. The Morgan fingerprint density at radius 2 is 2.43 bits per heavy atom. The SMILES string of the molecule is CP(O)OCCN. The highest BCUT2D eigenvalue weighted by atomic mass is 31.2. The van der Waals surface area contributed by atoms with Gasteiger partial charge in [0.2, 0.25) is 0 Å². The zero-order valence-electron chi connectivity index (χ0n) is 4.29. The Bertz CT molecular complexity index is 41.9. The van der Waals surface area contributed by atoms with Gasteiger partial charge in [0.1, 0.15) is 0 Å². The zero-order valence-corrected chi connectivity index (χ0v) is 5.19. The van der Waals surface area contributed by atoms with Gasteiger partial charge in [0.25, 0.3) is 0 Å². The summed E-state index contributed by atoms with van der Waals surface area (Å²) >= 11 is 0. The van der Waals surface area contributed by atoms with E-state index in [-0.39, 0.29) is 0 Å². The fraction of sp³-hybridized carbons (Fsp3) is 1.00. The van der Waals surface area contributed by atoms with Crippen molar-refractivity contribution in [2.45, 2.75) is 0 Å². The highest BCUT2D eigenvalue weighted by Gasteiger charge is 1.89. The molecule has 0 fully saturated rings. The summed E-state index contributed by atoms with van der Waals surface area (Å²) in [5.74, 6) is 0. The van der Waals surface area contributed by atoms with Gasteiger partial charge in [-0.3, -0.25) is 0 Å². The van der Waals surface area contributed by atoms with Gasteiger partial charge in [-0.1, -0.05) is 0 Å². The topological polar surface area (TPSA) is 55.5 Å². The average molecular weight is 123 g/mol. The van der Waals surface area contributed by atoms with Gasteiger partial charge in [-0.15, -0.1) is 0 Å². The second-order valence-electron chi connectivity index (χ2n) is 1.09. The van der Waals surface area contributed by atoms with Crippen molar-refractivity contribution in [3.8, 4) is 0 Å². The van der Waals surface area contributed by atoms with Crippen LogP contribution < -0.4 is 5.73 Å². The molecule has 3 N–H and O–H groups in total. The fourth-order valence-electron chi connectivity index (χ4n) is 0.185. The third kappa shape index (κ3) is 6.31. The molecular formula is C3H10NO2P. The quantitative estimate of drug-likeness (QED) is 0.515. The predicted molar refractivity (Wildman–Crippen MR) is 30.1 cm³/mol. The van der Waals surface area contributed by atoms with Crippen LogP contribution in [0.2, 0.25) is 0 Å². The zero-order chi connectivity index (χ0) is 5.70. The number of hydrogen-bond acceptors (Lipinski definition) is 3. The molecule has 0 spiro atoms. The molecular weight excluding hydrogens is 113 g/mol. The van der Waals surface area contributed by atoms with Crippen LogP contribution in [0.25, 0.3) is 0 Å². The summed E-state index contributed by atoms with van der Waals surface area (Å²) < 4.78 is 4.69. The Morgan fingerprint density at radius 1 is 1.86 bits per heavy atom. The molecule has 0 aromatic carbocycles. The van der Waals surface area contributed by atoms with Crippen LogP contribution in [0.15, 0.2) is 0 Å². The lowest BCUT2D eigenvalue weighted by Crippen LogP contribution is -2.05. The van der Waals surface area contributed by atoms with E-state index in [0.29, 0.717) is 13.2 Å². The van der Waals surface area contributed by atoms with E-state index < -0.39 is 8.38 Å². The van der Waals surface area contributed by atoms with Crippen molar-refractivity contribution in [2.24, 2.45) is 5.73 Å². The summed E-state index contributed by atoms with van der Waals surface area (Å²) in [6.45, 7) is 2.55. The number of nitrogens with two attached hydrogens (primary N) is 1. The van der Waals surface area contributed by atoms with Crippen LogP contribution in [0, 0.1) is 0 Å². The summed E-state index contributed by atoms with van der Waals surface area (Å²) in [6, 6.07) is 0. The molecule has 0 saturated carbocycles. The van der Waals surface area contributed by atoms with E-state index in [9.17, 15) is 0 Å². The Morgan fingerprint density at radius 3 is 2.57 bits per heavy atom. The molecule has 0 aliphatic rings. The van der Waals surface area contributed by atoms with E-state index in [2.05, 4.69) is 4.52 Å². The molecule has 0 saturated heterocycles. The molecule has 0 aromatic rings. The Balaban J connectivity index is 2.68. The van der Waals surface area contributed by atoms with Crippen molar-refractivity contribution >= 4 is 8.38 Å². The Hall–Kier alpha value is 0.310. The maximum absolute atomic E-state index is 8.47. The van der Waals surface area contributed by atoms with E-state index in [0.717, 1.165) is 0 Å². The molecule has 0 amide bonds. The molecule has 7 heavy (non-hydrogen) atoms. The highest BCUT2D eigenvalue weighted by molar-refractivity contribution is 7.45. The first-order valence-electron chi connectivity index (χ1n) is 2.03. The molecule has 1 atom stereocenters. The average Bonchev–Trinajstić information content (AvgIpc) is 1.61. The van der Waals surface area contributed by atoms with Crippen LogP contribution in [0.3, 0.4) is 0 Å². The van der Waals surface area contributed by atoms with Crippen LogP contribution >= 0.6 is 8.38 Å². The minimum atomic E-state index is -1.19. The van der Waals surface area contributed by atoms with Crippen LogP contribution in [-0.2, 0) is 4.52 Å². The molecule has 3 nitrogen and oxygen atoms in total. The molecule has 44 valence electrons. The van der Waals surface area contributed by atoms with Crippen molar-refractivity contribution in [2.75, 3.05) is 19.8 Å². The summed E-state index contributed by atoms with van der Waals surface area (Å²) in [6.07, 6.45) is 0. The van der Waals surface area contributed by atoms with Crippen molar-refractivity contribution < 1.29 is 9.42 Å². The lowest BCUT2D eigenvalue weighted by molar-refractivity contribution is 0.323. The van der Waals surface area contributed by atoms with Crippen molar-refractivity contribution in [3.05, 3.63) is 0 Å². The molecule has 0 heterocycles. The monoisotopic (exact) mass is 123 g/mol. The third-order valence-electron chi connectivity index (χ3n) is 0.396. The highest BCUT2D eigenvalue weighted by Crippen LogP contribution is 2.23. The van der Waals surface area contributed by atoms with E-state index in [1.54, 1.807) is 6.66 Å². The maximum atomic E-state index is 8.47. The van der Waals surface area contributed by atoms with Crippen molar-refractivity contribution in [1.82, 2.24) is 0 Å². The largest absolute Gasteiger partial charge is 0.350 e. The van der Waals surface area contributed by atoms with E-state index >= 15 is 0 Å². The van der Waals surface area contributed by atoms with E-state index in [4.69, 9.17) is 10.6 Å². The second kappa shape index (κ2) is 4.47. The standard InChI is InChI=1S/C3H10NO2P/c1-7(5)6-3-2-4/h5H,2-4H2,1H3. The number of hydrogen-bond donors (Lipinski definition) is 2. The smallest absolute Gasteiger partial charge is 0.164 e. The molecule has 0 rings (SSSR count). The molecule has 0 bridgehead atoms. The van der Waals surface area contributed by atoms with Gasteiger partial charge < -0.3 is 15.2 Å². The van der Waals surface area contributed by atoms with Crippen LogP contribution in [-0.4, -0.2) is 24.7 Å². The minimum Gasteiger partial charge on any atom is -0.350 e. The first kappa shape index (κ1) is 7.31. The molecule has 1 unspecified atom stereocenters. The third-order valence-corrected chi connectivity index (χ3v) is 0.952. The normalized spacial score (nSPS) is 14.1. The predicted octanol–water partition coefficient (Wildman–Crippen LogP) is -0.104. The summed E-state index contributed by atoms with van der Waals surface area (Å²) in [5, 5.41) is 0. The first-order valence-corrected chi connectivity index (χ1v) is 3.69. The summed E-state index contributed by atoms with van der Waals surface area (Å²) in [7, 11) is -1.19. The molecule has 0 aliphatic carbocycles. The van der Waals surface area contributed by atoms with Gasteiger partial charge in [-0.05, 0) is 0 Å². The minimum absolute atomic E-state index is 0.457. The van der Waals surface area contributed by atoms with Gasteiger partial charge in [-0.2, -0.15) is 0 Å². The number of rotatable bonds is 3. The summed E-state index contributed by atoms with van der Waals surface area (Å²) in [5.41, 5.74) is 5.05. The van der Waals surface area contributed by atoms with Crippen LogP contribution in [0.4, 0.5) is 0 Å². The fourth-order valence-corrected chi connectivity index (χ4v) is 0.554. The van der Waals surface area contributed by atoms with Gasteiger partial charge in [0.15, 0.2) is 8.38 Å². The Labute approximate surface area is 44.4 Å². The lowest BCUT2D eigenvalue weighted by atomic mass is 10.8. The molecule has 0 aromatic heterocycles.